The molecule has 0 spiro atoms. The van der Waals surface area contributed by atoms with Crippen LogP contribution in [0.15, 0.2) is 18.5 Å². The Morgan fingerprint density at radius 2 is 1.95 bits per heavy atom. The summed E-state index contributed by atoms with van der Waals surface area (Å²) in [6.45, 7) is 5.57. The highest BCUT2D eigenvalue weighted by Crippen LogP contribution is 2.42. The third-order valence-electron chi connectivity index (χ3n) is 4.68. The lowest BCUT2D eigenvalue weighted by molar-refractivity contribution is -0.125. The van der Waals surface area contributed by atoms with Crippen LogP contribution in [0.25, 0.3) is 0 Å². The molecule has 0 radical (unpaired) electrons. The van der Waals surface area contributed by atoms with E-state index in [1.807, 2.05) is 24.8 Å². The van der Waals surface area contributed by atoms with Crippen molar-refractivity contribution in [3.63, 3.8) is 0 Å². The predicted octanol–water partition coefficient (Wildman–Crippen LogP) is 1.64. The van der Waals surface area contributed by atoms with Crippen LogP contribution in [-0.2, 0) is 4.79 Å². The van der Waals surface area contributed by atoms with Gasteiger partial charge >= 0.3 is 0 Å². The van der Waals surface area contributed by atoms with E-state index in [0.29, 0.717) is 11.8 Å². The highest BCUT2D eigenvalue weighted by molar-refractivity contribution is 5.94. The molecule has 3 rings (SSSR count). The zero-order chi connectivity index (χ0) is 15.0. The number of nitrogens with zero attached hydrogens (tertiary/aromatic N) is 1. The highest BCUT2D eigenvalue weighted by atomic mass is 16.2. The van der Waals surface area contributed by atoms with E-state index in [2.05, 4.69) is 10.3 Å². The first-order valence-electron chi connectivity index (χ1n) is 7.77. The van der Waals surface area contributed by atoms with Gasteiger partial charge in [0.05, 0.1) is 5.56 Å². The van der Waals surface area contributed by atoms with Crippen LogP contribution in [0, 0.1) is 17.8 Å². The van der Waals surface area contributed by atoms with Crippen LogP contribution in [-0.4, -0.2) is 40.8 Å². The van der Waals surface area contributed by atoms with Gasteiger partial charge in [-0.3, -0.25) is 9.59 Å². The second-order valence-corrected chi connectivity index (χ2v) is 6.66. The molecule has 2 amide bonds. The Hall–Kier alpha value is -1.78. The number of hydrogen-bond acceptors (Lipinski definition) is 2. The fraction of sp³-hybridized carbons (Fsp3) is 0.625. The molecule has 2 N–H and O–H groups in total. The van der Waals surface area contributed by atoms with Crippen LogP contribution >= 0.6 is 0 Å². The molecule has 1 aromatic rings. The van der Waals surface area contributed by atoms with Crippen molar-refractivity contribution in [3.05, 3.63) is 24.0 Å². The van der Waals surface area contributed by atoms with Gasteiger partial charge in [0.2, 0.25) is 5.91 Å². The van der Waals surface area contributed by atoms with Gasteiger partial charge < -0.3 is 15.2 Å². The summed E-state index contributed by atoms with van der Waals surface area (Å²) in [6, 6.07) is 2.01. The van der Waals surface area contributed by atoms with Crippen molar-refractivity contribution >= 4 is 11.8 Å². The molecule has 1 saturated carbocycles. The van der Waals surface area contributed by atoms with E-state index in [4.69, 9.17) is 0 Å². The maximum atomic E-state index is 12.3. The highest BCUT2D eigenvalue weighted by Gasteiger charge is 2.44. The van der Waals surface area contributed by atoms with E-state index in [1.165, 1.54) is 0 Å². The zero-order valence-electron chi connectivity index (χ0n) is 12.6. The molecule has 21 heavy (non-hydrogen) atoms. The summed E-state index contributed by atoms with van der Waals surface area (Å²) >= 11 is 0. The minimum absolute atomic E-state index is 0.105. The van der Waals surface area contributed by atoms with E-state index in [0.717, 1.165) is 31.5 Å². The normalized spacial score (nSPS) is 28.0. The Bertz CT molecular complexity index is 510. The summed E-state index contributed by atoms with van der Waals surface area (Å²) in [5, 5.41) is 3.01. The van der Waals surface area contributed by atoms with Gasteiger partial charge in [0, 0.05) is 37.4 Å². The molecule has 3 atom stereocenters. The molecular formula is C16H23N3O2. The van der Waals surface area contributed by atoms with E-state index in [9.17, 15) is 9.59 Å². The fourth-order valence-electron chi connectivity index (χ4n) is 3.72. The summed E-state index contributed by atoms with van der Waals surface area (Å²) in [5.74, 6) is 1.38. The molecule has 5 heteroatoms. The van der Waals surface area contributed by atoms with Gasteiger partial charge in [0.15, 0.2) is 0 Å². The number of nitrogens with one attached hydrogen (secondary N) is 2. The molecular weight excluding hydrogens is 266 g/mol. The van der Waals surface area contributed by atoms with Crippen molar-refractivity contribution < 1.29 is 9.59 Å². The van der Waals surface area contributed by atoms with E-state index < -0.39 is 0 Å². The van der Waals surface area contributed by atoms with Gasteiger partial charge in [-0.05, 0) is 44.6 Å². The van der Waals surface area contributed by atoms with Crippen LogP contribution < -0.4 is 5.32 Å². The van der Waals surface area contributed by atoms with Gasteiger partial charge in [-0.2, -0.15) is 0 Å². The standard InChI is InChI=1S/C16H23N3O2/c1-10(2)18-15(20)12-5-13-8-19(9-14(13)6-12)16(21)11-3-4-17-7-11/h3-4,7,10,12-14,17H,5-6,8-9H2,1-2H3,(H,18,20)/t12?,13-,14+. The van der Waals surface area contributed by atoms with Crippen molar-refractivity contribution in [2.75, 3.05) is 13.1 Å². The second kappa shape index (κ2) is 5.54. The molecule has 0 aromatic carbocycles. The molecule has 1 unspecified atom stereocenters. The second-order valence-electron chi connectivity index (χ2n) is 6.66. The molecule has 5 nitrogen and oxygen atoms in total. The van der Waals surface area contributed by atoms with Crippen molar-refractivity contribution in [3.8, 4) is 0 Å². The van der Waals surface area contributed by atoms with Crippen LogP contribution in [0.4, 0.5) is 0 Å². The van der Waals surface area contributed by atoms with Gasteiger partial charge in [0.1, 0.15) is 0 Å². The molecule has 1 aliphatic carbocycles. The Balaban J connectivity index is 1.57. The summed E-state index contributed by atoms with van der Waals surface area (Å²) in [6.07, 6.45) is 5.35. The Morgan fingerprint density at radius 3 is 2.48 bits per heavy atom. The Kier molecular flexibility index (Phi) is 3.74. The lowest BCUT2D eigenvalue weighted by Gasteiger charge is -2.19. The quantitative estimate of drug-likeness (QED) is 0.888. The fourth-order valence-corrected chi connectivity index (χ4v) is 3.72. The van der Waals surface area contributed by atoms with Gasteiger partial charge in [-0.1, -0.05) is 0 Å². The van der Waals surface area contributed by atoms with Crippen molar-refractivity contribution in [2.24, 2.45) is 17.8 Å². The summed E-state index contributed by atoms with van der Waals surface area (Å²) in [4.78, 5) is 29.3. The monoisotopic (exact) mass is 289 g/mol. The van der Waals surface area contributed by atoms with Crippen molar-refractivity contribution in [1.82, 2.24) is 15.2 Å². The number of rotatable bonds is 3. The first-order valence-corrected chi connectivity index (χ1v) is 7.77. The van der Waals surface area contributed by atoms with Crippen molar-refractivity contribution in [1.29, 1.82) is 0 Å². The van der Waals surface area contributed by atoms with Gasteiger partial charge in [-0.25, -0.2) is 0 Å². The third kappa shape index (κ3) is 2.82. The number of fused-ring (bicyclic) bond motifs is 1. The first-order chi connectivity index (χ1) is 10.0. The molecule has 2 aliphatic rings. The van der Waals surface area contributed by atoms with E-state index in [-0.39, 0.29) is 23.8 Å². The Morgan fingerprint density at radius 1 is 1.29 bits per heavy atom. The minimum Gasteiger partial charge on any atom is -0.367 e. The number of likely N-dealkylation sites (tertiary alicyclic amines) is 1. The lowest BCUT2D eigenvalue weighted by Crippen LogP contribution is -2.36. The number of H-pyrrole nitrogens is 1. The van der Waals surface area contributed by atoms with E-state index >= 15 is 0 Å². The smallest absolute Gasteiger partial charge is 0.255 e. The summed E-state index contributed by atoms with van der Waals surface area (Å²) in [7, 11) is 0. The Labute approximate surface area is 125 Å². The molecule has 114 valence electrons. The van der Waals surface area contributed by atoms with Crippen LogP contribution in [0.3, 0.4) is 0 Å². The third-order valence-corrected chi connectivity index (χ3v) is 4.68. The topological polar surface area (TPSA) is 65.2 Å². The minimum atomic E-state index is 0.105. The molecule has 2 fully saturated rings. The van der Waals surface area contributed by atoms with Crippen molar-refractivity contribution in [2.45, 2.75) is 32.7 Å². The molecule has 1 saturated heterocycles. The first kappa shape index (κ1) is 14.2. The molecule has 1 aromatic heterocycles. The van der Waals surface area contributed by atoms with Crippen LogP contribution in [0.5, 0.6) is 0 Å². The number of aromatic amines is 1. The van der Waals surface area contributed by atoms with Gasteiger partial charge in [-0.15, -0.1) is 0 Å². The van der Waals surface area contributed by atoms with E-state index in [1.54, 1.807) is 12.4 Å². The maximum Gasteiger partial charge on any atom is 0.255 e. The number of amides is 2. The molecule has 0 bridgehead atoms. The SMILES string of the molecule is CC(C)NC(=O)C1C[C@@H]2CN(C(=O)c3cc[nH]c3)C[C@@H]2C1. The number of aromatic nitrogens is 1. The summed E-state index contributed by atoms with van der Waals surface area (Å²) in [5.41, 5.74) is 0.726. The van der Waals surface area contributed by atoms with Crippen LogP contribution in [0.1, 0.15) is 37.0 Å². The predicted molar refractivity (Wildman–Crippen MR) is 79.7 cm³/mol. The zero-order valence-corrected chi connectivity index (χ0v) is 12.6. The van der Waals surface area contributed by atoms with Gasteiger partial charge in [0.25, 0.3) is 5.91 Å². The number of hydrogen-bond donors (Lipinski definition) is 2. The maximum absolute atomic E-state index is 12.3. The average molecular weight is 289 g/mol. The van der Waals surface area contributed by atoms with Crippen LogP contribution in [0.2, 0.25) is 0 Å². The number of carbonyl (C=O) groups excluding carboxylic acids is 2. The number of carbonyl (C=O) groups is 2. The summed E-state index contributed by atoms with van der Waals surface area (Å²) < 4.78 is 0. The lowest BCUT2D eigenvalue weighted by atomic mass is 10.0. The molecule has 2 heterocycles. The molecule has 1 aliphatic heterocycles. The average Bonchev–Trinajstić information content (AvgIpc) is 3.12. The largest absolute Gasteiger partial charge is 0.367 e.